The molecule has 0 saturated carbocycles. The van der Waals surface area contributed by atoms with Crippen molar-refractivity contribution >= 4 is 29.1 Å². The molecule has 0 N–H and O–H groups in total. The van der Waals surface area contributed by atoms with Crippen LogP contribution in [0.5, 0.6) is 11.5 Å². The van der Waals surface area contributed by atoms with Crippen LogP contribution in [0.3, 0.4) is 0 Å². The first-order valence-electron chi connectivity index (χ1n) is 12.3. The first kappa shape index (κ1) is 24.4. The molecule has 1 heterocycles. The van der Waals surface area contributed by atoms with Gasteiger partial charge >= 0.3 is 0 Å². The average molecular weight is 504 g/mol. The molecule has 3 aromatic carbocycles. The Morgan fingerprint density at radius 1 is 0.972 bits per heavy atom. The van der Waals surface area contributed by atoms with Crippen molar-refractivity contribution in [3.05, 3.63) is 93.5 Å². The summed E-state index contributed by atoms with van der Waals surface area (Å²) < 4.78 is 11.8. The van der Waals surface area contributed by atoms with E-state index in [4.69, 9.17) is 21.1 Å². The van der Waals surface area contributed by atoms with Crippen LogP contribution >= 0.6 is 11.6 Å². The molecule has 6 heteroatoms. The van der Waals surface area contributed by atoms with Gasteiger partial charge in [-0.05, 0) is 53.6 Å². The fourth-order valence-corrected chi connectivity index (χ4v) is 5.49. The van der Waals surface area contributed by atoms with E-state index in [0.29, 0.717) is 23.5 Å². The smallest absolute Gasteiger partial charge is 0.189 e. The van der Waals surface area contributed by atoms with E-state index in [1.165, 1.54) is 11.3 Å². The molecule has 5 rings (SSSR count). The van der Waals surface area contributed by atoms with Gasteiger partial charge in [0.05, 0.1) is 47.4 Å². The summed E-state index contributed by atoms with van der Waals surface area (Å²) in [6.07, 6.45) is 2.60. The van der Waals surface area contributed by atoms with Crippen LogP contribution in [0.25, 0.3) is 6.08 Å². The maximum Gasteiger partial charge on any atom is 0.189 e. The zero-order valence-corrected chi connectivity index (χ0v) is 21.8. The van der Waals surface area contributed by atoms with Gasteiger partial charge in [0.1, 0.15) is 6.54 Å². The van der Waals surface area contributed by atoms with E-state index in [-0.39, 0.29) is 5.78 Å². The third kappa shape index (κ3) is 4.99. The average Bonchev–Trinajstić information content (AvgIpc) is 3.18. The second-order valence-corrected chi connectivity index (χ2v) is 10.4. The standard InChI is InChI=1S/C30H32ClN2O3/c1-33(20-22-5-4-6-25(31)16-22)13-11-32(12-14-33)26-9-7-21(8-10-26)15-24-17-23-18-28(35-2)29(36-3)19-27(23)30(24)34/h4-10,15-16,18-19H,11-14,17,20H2,1-3H3/q+1. The zero-order chi connectivity index (χ0) is 25.3. The summed E-state index contributed by atoms with van der Waals surface area (Å²) >= 11 is 6.19. The van der Waals surface area contributed by atoms with Gasteiger partial charge in [-0.3, -0.25) is 4.79 Å². The summed E-state index contributed by atoms with van der Waals surface area (Å²) in [4.78, 5) is 15.5. The van der Waals surface area contributed by atoms with Crippen LogP contribution in [-0.4, -0.2) is 57.7 Å². The van der Waals surface area contributed by atoms with Crippen molar-refractivity contribution in [2.24, 2.45) is 0 Å². The maximum atomic E-state index is 13.0. The molecule has 2 aliphatic rings. The Bertz CT molecular complexity index is 1310. The van der Waals surface area contributed by atoms with Gasteiger partial charge in [-0.15, -0.1) is 0 Å². The van der Waals surface area contributed by atoms with E-state index in [2.05, 4.69) is 48.3 Å². The van der Waals surface area contributed by atoms with Crippen LogP contribution in [0.1, 0.15) is 27.0 Å². The Balaban J connectivity index is 1.24. The fourth-order valence-electron chi connectivity index (χ4n) is 5.28. The van der Waals surface area contributed by atoms with Gasteiger partial charge in [-0.2, -0.15) is 0 Å². The number of ketones is 1. The molecule has 1 fully saturated rings. The minimum absolute atomic E-state index is 0.0582. The van der Waals surface area contributed by atoms with Gasteiger partial charge in [-0.25, -0.2) is 0 Å². The van der Waals surface area contributed by atoms with Crippen molar-refractivity contribution in [3.63, 3.8) is 0 Å². The topological polar surface area (TPSA) is 38.8 Å². The third-order valence-electron chi connectivity index (χ3n) is 7.40. The number of rotatable bonds is 6. The Morgan fingerprint density at radius 2 is 1.67 bits per heavy atom. The molecule has 0 unspecified atom stereocenters. The Labute approximate surface area is 218 Å². The molecule has 0 radical (unpaired) electrons. The van der Waals surface area contributed by atoms with Crippen molar-refractivity contribution < 1.29 is 18.8 Å². The van der Waals surface area contributed by atoms with E-state index >= 15 is 0 Å². The molecule has 0 atom stereocenters. The number of hydrogen-bond donors (Lipinski definition) is 0. The molecule has 186 valence electrons. The van der Waals surface area contributed by atoms with E-state index in [1.54, 1.807) is 20.3 Å². The Kier molecular flexibility index (Phi) is 6.78. The summed E-state index contributed by atoms with van der Waals surface area (Å²) in [5.74, 6) is 1.29. The summed E-state index contributed by atoms with van der Waals surface area (Å²) in [5, 5.41) is 0.801. The molecule has 1 saturated heterocycles. The van der Waals surface area contributed by atoms with Crippen molar-refractivity contribution in [2.75, 3.05) is 52.3 Å². The van der Waals surface area contributed by atoms with Crippen LogP contribution < -0.4 is 14.4 Å². The highest BCUT2D eigenvalue weighted by Crippen LogP contribution is 2.37. The number of fused-ring (bicyclic) bond motifs is 1. The van der Waals surface area contributed by atoms with Crippen LogP contribution in [-0.2, 0) is 13.0 Å². The lowest BCUT2D eigenvalue weighted by Gasteiger charge is -2.43. The number of methoxy groups -OCH3 is 2. The second kappa shape index (κ2) is 10.00. The van der Waals surface area contributed by atoms with Crippen LogP contribution in [0.2, 0.25) is 5.02 Å². The number of piperazine rings is 1. The predicted molar refractivity (Wildman–Crippen MR) is 145 cm³/mol. The van der Waals surface area contributed by atoms with Crippen molar-refractivity contribution in [2.45, 2.75) is 13.0 Å². The number of quaternary nitrogens is 1. The van der Waals surface area contributed by atoms with E-state index in [1.807, 2.05) is 24.3 Å². The molecule has 1 aliphatic carbocycles. The molecule has 3 aromatic rings. The van der Waals surface area contributed by atoms with Gasteiger partial charge in [0.25, 0.3) is 0 Å². The largest absolute Gasteiger partial charge is 0.493 e. The lowest BCUT2D eigenvalue weighted by Crippen LogP contribution is -2.56. The quantitative estimate of drug-likeness (QED) is 0.322. The lowest BCUT2D eigenvalue weighted by molar-refractivity contribution is -0.923. The number of benzene rings is 3. The van der Waals surface area contributed by atoms with Crippen LogP contribution in [0.15, 0.2) is 66.2 Å². The highest BCUT2D eigenvalue weighted by Gasteiger charge is 2.30. The maximum absolute atomic E-state index is 13.0. The number of allylic oxidation sites excluding steroid dienone is 1. The summed E-state index contributed by atoms with van der Waals surface area (Å²) in [6, 6.07) is 20.4. The van der Waals surface area contributed by atoms with Gasteiger partial charge in [-0.1, -0.05) is 35.9 Å². The number of carbonyl (C=O) groups is 1. The Morgan fingerprint density at radius 3 is 2.33 bits per heavy atom. The summed E-state index contributed by atoms with van der Waals surface area (Å²) in [6.45, 7) is 5.18. The van der Waals surface area contributed by atoms with Crippen LogP contribution in [0.4, 0.5) is 5.69 Å². The minimum Gasteiger partial charge on any atom is -0.493 e. The summed E-state index contributed by atoms with van der Waals surface area (Å²) in [5.41, 5.74) is 6.01. The van der Waals surface area contributed by atoms with Gasteiger partial charge < -0.3 is 18.9 Å². The zero-order valence-electron chi connectivity index (χ0n) is 21.1. The third-order valence-corrected chi connectivity index (χ3v) is 7.63. The number of carbonyl (C=O) groups excluding carboxylic acids is 1. The molecule has 5 nitrogen and oxygen atoms in total. The van der Waals surface area contributed by atoms with Gasteiger partial charge in [0.15, 0.2) is 17.3 Å². The van der Waals surface area contributed by atoms with Gasteiger partial charge in [0.2, 0.25) is 0 Å². The number of likely N-dealkylation sites (N-methyl/N-ethyl adjacent to an activating group) is 1. The van der Waals surface area contributed by atoms with Crippen molar-refractivity contribution in [3.8, 4) is 11.5 Å². The van der Waals surface area contributed by atoms with E-state index in [0.717, 1.165) is 58.9 Å². The molecule has 36 heavy (non-hydrogen) atoms. The number of halogens is 1. The van der Waals surface area contributed by atoms with Gasteiger partial charge in [0, 0.05) is 33.8 Å². The van der Waals surface area contributed by atoms with E-state index < -0.39 is 0 Å². The predicted octanol–water partition coefficient (Wildman–Crippen LogP) is 5.65. The minimum atomic E-state index is 0.0582. The molecular formula is C30H32ClN2O3+. The lowest BCUT2D eigenvalue weighted by atomic mass is 10.1. The van der Waals surface area contributed by atoms with E-state index in [9.17, 15) is 4.79 Å². The van der Waals surface area contributed by atoms with Crippen LogP contribution in [0, 0.1) is 0 Å². The molecule has 0 aromatic heterocycles. The number of Topliss-reactive ketones (excluding diaryl/α,β-unsaturated/α-hetero) is 1. The van der Waals surface area contributed by atoms with Crippen molar-refractivity contribution in [1.82, 2.24) is 0 Å². The monoisotopic (exact) mass is 503 g/mol. The number of nitrogens with zero attached hydrogens (tertiary/aromatic N) is 2. The second-order valence-electron chi connectivity index (χ2n) is 9.97. The first-order valence-corrected chi connectivity index (χ1v) is 12.7. The number of ether oxygens (including phenoxy) is 2. The normalized spacial score (nSPS) is 17.8. The fraction of sp³-hybridized carbons (Fsp3) is 0.300. The highest BCUT2D eigenvalue weighted by atomic mass is 35.5. The molecule has 0 bridgehead atoms. The molecule has 0 amide bonds. The summed E-state index contributed by atoms with van der Waals surface area (Å²) in [7, 11) is 5.53. The SMILES string of the molecule is COc1cc2c(cc1OC)C(=O)C(=Cc1ccc(N3CC[N+](C)(Cc4cccc(Cl)c4)CC3)cc1)C2. The van der Waals surface area contributed by atoms with Crippen molar-refractivity contribution in [1.29, 1.82) is 0 Å². The number of anilines is 1. The first-order chi connectivity index (χ1) is 17.4. The number of hydrogen-bond acceptors (Lipinski definition) is 4. The molecular weight excluding hydrogens is 472 g/mol. The molecule has 1 aliphatic heterocycles. The Hall–Kier alpha value is -3.28. The molecule has 0 spiro atoms. The highest BCUT2D eigenvalue weighted by molar-refractivity contribution is 6.30.